The number of rotatable bonds is 4. The summed E-state index contributed by atoms with van der Waals surface area (Å²) >= 11 is 0. The van der Waals surface area contributed by atoms with Crippen LogP contribution in [0.25, 0.3) is 5.69 Å². The first-order chi connectivity index (χ1) is 8.72. The van der Waals surface area contributed by atoms with E-state index in [1.807, 2.05) is 32.0 Å². The number of carbonyl (C=O) groups is 1. The number of nitrogens with one attached hydrogen (secondary N) is 1. The zero-order valence-corrected chi connectivity index (χ0v) is 10.4. The third kappa shape index (κ3) is 2.53. The van der Waals surface area contributed by atoms with Gasteiger partial charge in [-0.3, -0.25) is 4.79 Å². The van der Waals surface area contributed by atoms with Gasteiger partial charge in [-0.05, 0) is 41.5 Å². The molecule has 6 nitrogen and oxygen atoms in total. The van der Waals surface area contributed by atoms with E-state index in [-0.39, 0.29) is 5.91 Å². The molecule has 0 bridgehead atoms. The molecule has 1 aromatic carbocycles. The maximum Gasteiger partial charge on any atom is 0.224 e. The summed E-state index contributed by atoms with van der Waals surface area (Å²) < 4.78 is 1.57. The van der Waals surface area contributed by atoms with Crippen LogP contribution in [0.3, 0.4) is 0 Å². The number of hydrogen-bond donors (Lipinski definition) is 1. The molecule has 1 amide bonds. The van der Waals surface area contributed by atoms with Gasteiger partial charge in [0.1, 0.15) is 6.33 Å². The molecule has 0 unspecified atom stereocenters. The molecule has 2 rings (SSSR count). The van der Waals surface area contributed by atoms with E-state index in [1.54, 1.807) is 4.68 Å². The lowest BCUT2D eigenvalue weighted by Crippen LogP contribution is -2.12. The Morgan fingerprint density at radius 3 is 2.94 bits per heavy atom. The van der Waals surface area contributed by atoms with E-state index < -0.39 is 0 Å². The molecule has 1 heterocycles. The first-order valence-corrected chi connectivity index (χ1v) is 5.85. The smallest absolute Gasteiger partial charge is 0.224 e. The molecule has 0 saturated carbocycles. The fourth-order valence-electron chi connectivity index (χ4n) is 1.72. The topological polar surface area (TPSA) is 72.7 Å². The van der Waals surface area contributed by atoms with Gasteiger partial charge in [0.15, 0.2) is 0 Å². The van der Waals surface area contributed by atoms with Crippen molar-refractivity contribution in [2.24, 2.45) is 0 Å². The van der Waals surface area contributed by atoms with Crippen molar-refractivity contribution in [3.63, 3.8) is 0 Å². The molecule has 0 spiro atoms. The van der Waals surface area contributed by atoms with Gasteiger partial charge in [-0.15, -0.1) is 5.10 Å². The highest BCUT2D eigenvalue weighted by atomic mass is 16.1. The lowest BCUT2D eigenvalue weighted by Gasteiger charge is -2.11. The average molecular weight is 245 g/mol. The third-order valence-corrected chi connectivity index (χ3v) is 2.65. The van der Waals surface area contributed by atoms with Gasteiger partial charge in [0.25, 0.3) is 0 Å². The van der Waals surface area contributed by atoms with Crippen LogP contribution in [-0.4, -0.2) is 26.1 Å². The molecule has 1 N–H and O–H groups in total. The quantitative estimate of drug-likeness (QED) is 0.890. The van der Waals surface area contributed by atoms with Crippen molar-refractivity contribution < 1.29 is 4.79 Å². The Morgan fingerprint density at radius 1 is 1.44 bits per heavy atom. The molecule has 0 saturated heterocycles. The van der Waals surface area contributed by atoms with Crippen LogP contribution in [0, 0.1) is 6.92 Å². The molecule has 94 valence electrons. The van der Waals surface area contributed by atoms with Crippen LogP contribution in [-0.2, 0) is 4.79 Å². The van der Waals surface area contributed by atoms with Crippen LogP contribution >= 0.6 is 0 Å². The van der Waals surface area contributed by atoms with E-state index in [0.717, 1.165) is 23.4 Å². The second kappa shape index (κ2) is 5.39. The molecule has 18 heavy (non-hydrogen) atoms. The second-order valence-electron chi connectivity index (χ2n) is 4.00. The third-order valence-electron chi connectivity index (χ3n) is 2.65. The van der Waals surface area contributed by atoms with Gasteiger partial charge in [0, 0.05) is 12.1 Å². The molecule has 1 aromatic heterocycles. The maximum atomic E-state index is 11.6. The van der Waals surface area contributed by atoms with Crippen molar-refractivity contribution in [2.45, 2.75) is 26.7 Å². The molecular formula is C12H15N5O. The number of aromatic nitrogens is 4. The molecule has 6 heteroatoms. The predicted molar refractivity (Wildman–Crippen MR) is 67.4 cm³/mol. The number of nitrogens with zero attached hydrogens (tertiary/aromatic N) is 4. The Morgan fingerprint density at radius 2 is 2.28 bits per heavy atom. The molecule has 0 radical (unpaired) electrons. The number of carbonyl (C=O) groups excluding carboxylic acids is 1. The average Bonchev–Trinajstić information content (AvgIpc) is 2.86. The van der Waals surface area contributed by atoms with Crippen molar-refractivity contribution >= 4 is 11.6 Å². The zero-order chi connectivity index (χ0) is 13.0. The fraction of sp³-hybridized carbons (Fsp3) is 0.333. The normalized spacial score (nSPS) is 10.3. The number of benzene rings is 1. The summed E-state index contributed by atoms with van der Waals surface area (Å²) in [6.45, 7) is 3.91. The van der Waals surface area contributed by atoms with Crippen molar-refractivity contribution in [1.82, 2.24) is 20.2 Å². The first-order valence-electron chi connectivity index (χ1n) is 5.85. The summed E-state index contributed by atoms with van der Waals surface area (Å²) in [6.07, 6.45) is 2.88. The Labute approximate surface area is 105 Å². The fourth-order valence-corrected chi connectivity index (χ4v) is 1.72. The Balaban J connectivity index is 2.28. The monoisotopic (exact) mass is 245 g/mol. The summed E-state index contributed by atoms with van der Waals surface area (Å²) in [5, 5.41) is 13.9. The first kappa shape index (κ1) is 12.2. The van der Waals surface area contributed by atoms with Crippen LogP contribution in [0.1, 0.15) is 25.3 Å². The minimum absolute atomic E-state index is 0.0227. The van der Waals surface area contributed by atoms with Gasteiger partial charge in [-0.2, -0.15) is 0 Å². The van der Waals surface area contributed by atoms with Gasteiger partial charge < -0.3 is 5.32 Å². The summed E-state index contributed by atoms with van der Waals surface area (Å²) in [4.78, 5) is 11.6. The molecule has 0 aliphatic heterocycles. The highest BCUT2D eigenvalue weighted by Gasteiger charge is 2.08. The number of tetrazole rings is 1. The number of hydrogen-bond acceptors (Lipinski definition) is 4. The van der Waals surface area contributed by atoms with E-state index in [9.17, 15) is 4.79 Å². The van der Waals surface area contributed by atoms with E-state index in [1.165, 1.54) is 6.33 Å². The molecule has 2 aromatic rings. The minimum atomic E-state index is 0.0227. The van der Waals surface area contributed by atoms with Crippen LogP contribution < -0.4 is 5.32 Å². The van der Waals surface area contributed by atoms with Gasteiger partial charge in [0.05, 0.1) is 5.69 Å². The second-order valence-corrected chi connectivity index (χ2v) is 4.00. The molecular weight excluding hydrogens is 230 g/mol. The molecule has 0 fully saturated rings. The Hall–Kier alpha value is -2.24. The Bertz CT molecular complexity index is 535. The van der Waals surface area contributed by atoms with E-state index >= 15 is 0 Å². The highest BCUT2D eigenvalue weighted by molar-refractivity contribution is 5.91. The van der Waals surface area contributed by atoms with Gasteiger partial charge in [-0.1, -0.05) is 13.0 Å². The highest BCUT2D eigenvalue weighted by Crippen LogP contribution is 2.21. The summed E-state index contributed by atoms with van der Waals surface area (Å²) in [5.41, 5.74) is 2.59. The molecule has 0 aliphatic rings. The summed E-state index contributed by atoms with van der Waals surface area (Å²) in [7, 11) is 0. The van der Waals surface area contributed by atoms with Crippen molar-refractivity contribution in [1.29, 1.82) is 0 Å². The van der Waals surface area contributed by atoms with Crippen LogP contribution in [0.2, 0.25) is 0 Å². The van der Waals surface area contributed by atoms with Crippen molar-refractivity contribution in [3.8, 4) is 5.69 Å². The number of amides is 1. The van der Waals surface area contributed by atoms with E-state index in [4.69, 9.17) is 0 Å². The lowest BCUT2D eigenvalue weighted by atomic mass is 10.1. The lowest BCUT2D eigenvalue weighted by molar-refractivity contribution is -0.116. The summed E-state index contributed by atoms with van der Waals surface area (Å²) in [5.74, 6) is 0.0227. The minimum Gasteiger partial charge on any atom is -0.326 e. The van der Waals surface area contributed by atoms with Crippen molar-refractivity contribution in [2.75, 3.05) is 5.32 Å². The van der Waals surface area contributed by atoms with Crippen LogP contribution in [0.15, 0.2) is 24.5 Å². The van der Waals surface area contributed by atoms with Gasteiger partial charge >= 0.3 is 0 Å². The van der Waals surface area contributed by atoms with Gasteiger partial charge in [0.2, 0.25) is 5.91 Å². The predicted octanol–water partition coefficient (Wildman–Crippen LogP) is 1.71. The van der Waals surface area contributed by atoms with E-state index in [0.29, 0.717) is 6.42 Å². The SMILES string of the molecule is CCCC(=O)Nc1cccc(-n2cnnn2)c1C. The molecule has 0 aliphatic carbocycles. The maximum absolute atomic E-state index is 11.6. The Kier molecular flexibility index (Phi) is 3.66. The number of anilines is 1. The van der Waals surface area contributed by atoms with Gasteiger partial charge in [-0.25, -0.2) is 4.68 Å². The van der Waals surface area contributed by atoms with Crippen molar-refractivity contribution in [3.05, 3.63) is 30.1 Å². The zero-order valence-electron chi connectivity index (χ0n) is 10.4. The van der Waals surface area contributed by atoms with Crippen LogP contribution in [0.4, 0.5) is 5.69 Å². The molecule has 0 atom stereocenters. The summed E-state index contributed by atoms with van der Waals surface area (Å²) in [6, 6.07) is 5.64. The van der Waals surface area contributed by atoms with Crippen LogP contribution in [0.5, 0.6) is 0 Å². The standard InChI is InChI=1S/C12H15N5O/c1-3-5-12(18)14-10-6-4-7-11(9(10)2)17-8-13-15-16-17/h4,6-8H,3,5H2,1-2H3,(H,14,18). The van der Waals surface area contributed by atoms with E-state index in [2.05, 4.69) is 20.8 Å². The largest absolute Gasteiger partial charge is 0.326 e.